The van der Waals surface area contributed by atoms with Crippen LogP contribution in [0.3, 0.4) is 0 Å². The van der Waals surface area contributed by atoms with Crippen LogP contribution in [-0.4, -0.2) is 16.5 Å². The first-order valence-electron chi connectivity index (χ1n) is 6.14. The van der Waals surface area contributed by atoms with Gasteiger partial charge in [-0.2, -0.15) is 5.26 Å². The van der Waals surface area contributed by atoms with Gasteiger partial charge in [0.15, 0.2) is 0 Å². The molecule has 0 aliphatic rings. The predicted molar refractivity (Wildman–Crippen MR) is 84.8 cm³/mol. The molecule has 0 saturated heterocycles. The van der Waals surface area contributed by atoms with Crippen LogP contribution in [0.15, 0.2) is 30.6 Å². The predicted octanol–water partition coefficient (Wildman–Crippen LogP) is 4.36. The number of nitrogens with zero attached hydrogens (tertiary/aromatic N) is 4. The van der Waals surface area contributed by atoms with Gasteiger partial charge in [0.1, 0.15) is 11.0 Å². The highest BCUT2D eigenvalue weighted by Crippen LogP contribution is 2.32. The van der Waals surface area contributed by atoms with Gasteiger partial charge in [-0.1, -0.05) is 40.9 Å². The van der Waals surface area contributed by atoms with E-state index in [1.807, 2.05) is 17.0 Å². The van der Waals surface area contributed by atoms with Crippen LogP contribution in [0.2, 0.25) is 15.2 Å². The van der Waals surface area contributed by atoms with Crippen LogP contribution in [0, 0.1) is 11.3 Å². The van der Waals surface area contributed by atoms with Gasteiger partial charge in [-0.3, -0.25) is 4.98 Å². The maximum Gasteiger partial charge on any atom is 0.150 e. The lowest BCUT2D eigenvalue weighted by Gasteiger charge is -2.24. The number of halogens is 3. The Balaban J connectivity index is 2.32. The fraction of sp³-hybridized carbons (Fsp3) is 0.214. The number of hydrogen-bond acceptors (Lipinski definition) is 4. The van der Waals surface area contributed by atoms with E-state index in [-0.39, 0.29) is 5.15 Å². The van der Waals surface area contributed by atoms with Crippen molar-refractivity contribution in [2.75, 3.05) is 11.4 Å². The lowest BCUT2D eigenvalue weighted by Crippen LogP contribution is -2.25. The smallest absolute Gasteiger partial charge is 0.150 e. The molecule has 7 heteroatoms. The molecule has 2 aromatic rings. The summed E-state index contributed by atoms with van der Waals surface area (Å²) in [7, 11) is 0. The summed E-state index contributed by atoms with van der Waals surface area (Å²) in [4.78, 5) is 10.2. The SMILES string of the molecule is N#CCCN(Cc1cccnc1)c1nc(Cl)c(Cl)cc1Cl. The fourth-order valence-electron chi connectivity index (χ4n) is 1.81. The largest absolute Gasteiger partial charge is 0.350 e. The summed E-state index contributed by atoms with van der Waals surface area (Å²) in [6.07, 6.45) is 3.80. The Morgan fingerprint density at radius 1 is 1.24 bits per heavy atom. The molecular formula is C14H11Cl3N4. The minimum Gasteiger partial charge on any atom is -0.350 e. The molecule has 2 rings (SSSR count). The zero-order chi connectivity index (χ0) is 15.2. The standard InChI is InChI=1S/C14H11Cl3N4/c15-11-7-12(16)14(20-13(11)17)21(6-2-4-18)9-10-3-1-5-19-8-10/h1,3,5,7-8H,2,6,9H2. The second kappa shape index (κ2) is 7.46. The molecule has 0 unspecified atom stereocenters. The number of pyridine rings is 2. The van der Waals surface area contributed by atoms with E-state index >= 15 is 0 Å². The van der Waals surface area contributed by atoms with Crippen molar-refractivity contribution in [1.82, 2.24) is 9.97 Å². The summed E-state index contributed by atoms with van der Waals surface area (Å²) < 4.78 is 0. The van der Waals surface area contributed by atoms with Crippen LogP contribution in [0.25, 0.3) is 0 Å². The van der Waals surface area contributed by atoms with Gasteiger partial charge in [-0.05, 0) is 17.7 Å². The summed E-state index contributed by atoms with van der Waals surface area (Å²) in [5, 5.41) is 9.68. The van der Waals surface area contributed by atoms with E-state index in [0.29, 0.717) is 35.4 Å². The summed E-state index contributed by atoms with van der Waals surface area (Å²) in [6.45, 7) is 1.01. The number of aromatic nitrogens is 2. The molecule has 0 saturated carbocycles. The molecule has 0 amide bonds. The van der Waals surface area contributed by atoms with Crippen LogP contribution < -0.4 is 4.90 Å². The number of rotatable bonds is 5. The first kappa shape index (κ1) is 15.8. The van der Waals surface area contributed by atoms with Gasteiger partial charge in [0.05, 0.1) is 22.5 Å². The third-order valence-electron chi connectivity index (χ3n) is 2.76. The van der Waals surface area contributed by atoms with E-state index in [9.17, 15) is 0 Å². The highest BCUT2D eigenvalue weighted by atomic mass is 35.5. The van der Waals surface area contributed by atoms with E-state index in [2.05, 4.69) is 16.0 Å². The van der Waals surface area contributed by atoms with Gasteiger partial charge < -0.3 is 4.90 Å². The van der Waals surface area contributed by atoms with E-state index in [4.69, 9.17) is 40.1 Å². The highest BCUT2D eigenvalue weighted by Gasteiger charge is 2.15. The van der Waals surface area contributed by atoms with Crippen molar-refractivity contribution in [3.8, 4) is 6.07 Å². The van der Waals surface area contributed by atoms with E-state index < -0.39 is 0 Å². The molecule has 0 bridgehead atoms. The van der Waals surface area contributed by atoms with Crippen molar-refractivity contribution in [3.63, 3.8) is 0 Å². The molecule has 0 spiro atoms. The van der Waals surface area contributed by atoms with Crippen LogP contribution in [0.5, 0.6) is 0 Å². The lowest BCUT2D eigenvalue weighted by molar-refractivity contribution is 0.780. The second-order valence-electron chi connectivity index (χ2n) is 4.26. The Morgan fingerprint density at radius 3 is 2.71 bits per heavy atom. The van der Waals surface area contributed by atoms with Gasteiger partial charge in [-0.25, -0.2) is 4.98 Å². The van der Waals surface area contributed by atoms with Crippen molar-refractivity contribution in [2.45, 2.75) is 13.0 Å². The van der Waals surface area contributed by atoms with Crippen LogP contribution >= 0.6 is 34.8 Å². The molecule has 2 heterocycles. The highest BCUT2D eigenvalue weighted by molar-refractivity contribution is 6.42. The molecule has 21 heavy (non-hydrogen) atoms. The van der Waals surface area contributed by atoms with E-state index in [1.165, 1.54) is 0 Å². The Labute approximate surface area is 137 Å². The summed E-state index contributed by atoms with van der Waals surface area (Å²) in [6, 6.07) is 7.46. The third-order valence-corrected chi connectivity index (χ3v) is 3.71. The normalized spacial score (nSPS) is 10.2. The van der Waals surface area contributed by atoms with Crippen molar-refractivity contribution in [2.24, 2.45) is 0 Å². The van der Waals surface area contributed by atoms with Crippen LogP contribution in [0.1, 0.15) is 12.0 Å². The molecule has 4 nitrogen and oxygen atoms in total. The minimum absolute atomic E-state index is 0.184. The Morgan fingerprint density at radius 2 is 2.05 bits per heavy atom. The van der Waals surface area contributed by atoms with E-state index in [1.54, 1.807) is 18.5 Å². The summed E-state index contributed by atoms with van der Waals surface area (Å²) in [5.74, 6) is 0.505. The fourth-order valence-corrected chi connectivity index (χ4v) is 2.43. The van der Waals surface area contributed by atoms with Gasteiger partial charge >= 0.3 is 0 Å². The number of nitriles is 1. The zero-order valence-electron chi connectivity index (χ0n) is 10.9. The zero-order valence-corrected chi connectivity index (χ0v) is 13.2. The monoisotopic (exact) mass is 340 g/mol. The second-order valence-corrected chi connectivity index (χ2v) is 5.43. The summed E-state index contributed by atoms with van der Waals surface area (Å²) >= 11 is 18.1. The maximum absolute atomic E-state index is 8.81. The molecule has 108 valence electrons. The van der Waals surface area contributed by atoms with Gasteiger partial charge in [0.2, 0.25) is 0 Å². The first-order chi connectivity index (χ1) is 10.1. The molecule has 0 N–H and O–H groups in total. The van der Waals surface area contributed by atoms with Gasteiger partial charge in [-0.15, -0.1) is 0 Å². The Bertz CT molecular complexity index is 655. The molecule has 0 atom stereocenters. The molecule has 0 fully saturated rings. The molecule has 2 aromatic heterocycles. The number of anilines is 1. The first-order valence-corrected chi connectivity index (χ1v) is 7.27. The molecule has 0 radical (unpaired) electrons. The number of hydrogen-bond donors (Lipinski definition) is 0. The topological polar surface area (TPSA) is 52.8 Å². The molecular weight excluding hydrogens is 331 g/mol. The van der Waals surface area contributed by atoms with E-state index in [0.717, 1.165) is 5.56 Å². The maximum atomic E-state index is 8.81. The minimum atomic E-state index is 0.184. The van der Waals surface area contributed by atoms with Crippen molar-refractivity contribution in [1.29, 1.82) is 5.26 Å². The quantitative estimate of drug-likeness (QED) is 0.758. The Kier molecular flexibility index (Phi) is 5.63. The van der Waals surface area contributed by atoms with Crippen molar-refractivity contribution < 1.29 is 0 Å². The molecule has 0 aliphatic carbocycles. The van der Waals surface area contributed by atoms with Crippen molar-refractivity contribution >= 4 is 40.6 Å². The molecule has 0 aliphatic heterocycles. The molecule has 0 aromatic carbocycles. The van der Waals surface area contributed by atoms with Crippen molar-refractivity contribution in [3.05, 3.63) is 51.4 Å². The third kappa shape index (κ3) is 4.21. The average Bonchev–Trinajstić information content (AvgIpc) is 2.48. The van der Waals surface area contributed by atoms with Crippen LogP contribution in [0.4, 0.5) is 5.82 Å². The van der Waals surface area contributed by atoms with Gasteiger partial charge in [0, 0.05) is 25.5 Å². The van der Waals surface area contributed by atoms with Gasteiger partial charge in [0.25, 0.3) is 0 Å². The average molecular weight is 342 g/mol. The Hall–Kier alpha value is -1.54. The van der Waals surface area contributed by atoms with Crippen LogP contribution in [-0.2, 0) is 6.54 Å². The lowest BCUT2D eigenvalue weighted by atomic mass is 10.2. The summed E-state index contributed by atoms with van der Waals surface area (Å²) in [5.41, 5.74) is 0.986.